The molecule has 4 heteroatoms. The third-order valence-electron chi connectivity index (χ3n) is 12.2. The second kappa shape index (κ2) is 16.2. The Balaban J connectivity index is 1.14. The quantitative estimate of drug-likeness (QED) is 0.143. The minimum Gasteiger partial charge on any atom is -0.310 e. The van der Waals surface area contributed by atoms with Gasteiger partial charge in [0.05, 0.1) is 10.4 Å². The van der Waals surface area contributed by atoms with Gasteiger partial charge in [-0.15, -0.1) is 22.7 Å². The Morgan fingerprint density at radius 2 is 0.750 bits per heavy atom. The Hall–Kier alpha value is -7.76. The number of fused-ring (bicyclic) bond motifs is 6. The molecule has 0 fully saturated rings. The van der Waals surface area contributed by atoms with Crippen LogP contribution in [0, 0.1) is 0 Å². The molecule has 0 aliphatic heterocycles. The lowest BCUT2D eigenvalue weighted by Gasteiger charge is -2.30. The van der Waals surface area contributed by atoms with Gasteiger partial charge in [0.2, 0.25) is 0 Å². The number of para-hydroxylation sites is 2. The predicted molar refractivity (Wildman–Crippen MR) is 278 cm³/mol. The van der Waals surface area contributed by atoms with Gasteiger partial charge in [0.15, 0.2) is 0 Å². The van der Waals surface area contributed by atoms with E-state index < -0.39 is 0 Å². The molecule has 0 saturated carbocycles. The first-order chi connectivity index (χ1) is 31.7. The third-order valence-corrected chi connectivity index (χ3v) is 14.6. The lowest BCUT2D eigenvalue weighted by Crippen LogP contribution is -2.13. The van der Waals surface area contributed by atoms with Crippen molar-refractivity contribution >= 4 is 97.1 Å². The monoisotopic (exact) mass is 852 g/mol. The zero-order valence-corrected chi connectivity index (χ0v) is 36.4. The van der Waals surface area contributed by atoms with E-state index in [2.05, 4.69) is 252 Å². The van der Waals surface area contributed by atoms with Crippen molar-refractivity contribution in [1.82, 2.24) is 0 Å². The van der Waals surface area contributed by atoms with E-state index in [4.69, 9.17) is 0 Å². The Bertz CT molecular complexity index is 3610. The van der Waals surface area contributed by atoms with Crippen molar-refractivity contribution in [3.05, 3.63) is 243 Å². The molecule has 0 unspecified atom stereocenters. The maximum atomic E-state index is 2.45. The summed E-state index contributed by atoms with van der Waals surface area (Å²) in [7, 11) is 0. The molecular weight excluding hydrogens is 813 g/mol. The SMILES string of the molecule is c1ccc(-c2cccc(N(c3ccccc3)c3cc(N(c4ccccc4)c4cccc(-c5ccccc5)c4)c4sc5ccc(-c6cccc7c6sc6ccccc67)cc5c4c3)c2)cc1. The molecule has 2 nitrogen and oxygen atoms in total. The van der Waals surface area contributed by atoms with Crippen LogP contribution in [0.3, 0.4) is 0 Å². The summed E-state index contributed by atoms with van der Waals surface area (Å²) >= 11 is 3.76. The smallest absolute Gasteiger partial charge is 0.0661 e. The van der Waals surface area contributed by atoms with Crippen LogP contribution >= 0.6 is 22.7 Å². The number of rotatable bonds is 9. The molecule has 0 saturated heterocycles. The van der Waals surface area contributed by atoms with Crippen molar-refractivity contribution in [3.8, 4) is 33.4 Å². The number of thiophene rings is 2. The van der Waals surface area contributed by atoms with Crippen molar-refractivity contribution in [3.63, 3.8) is 0 Å². The molecule has 64 heavy (non-hydrogen) atoms. The van der Waals surface area contributed by atoms with E-state index in [0.717, 1.165) is 34.1 Å². The van der Waals surface area contributed by atoms with Crippen molar-refractivity contribution < 1.29 is 0 Å². The van der Waals surface area contributed by atoms with Crippen LogP contribution in [0.4, 0.5) is 34.1 Å². The Labute approximate surface area is 380 Å². The normalized spacial score (nSPS) is 11.4. The van der Waals surface area contributed by atoms with Gasteiger partial charge in [0.25, 0.3) is 0 Å². The van der Waals surface area contributed by atoms with Crippen molar-refractivity contribution in [2.24, 2.45) is 0 Å². The molecule has 2 heterocycles. The maximum absolute atomic E-state index is 2.45. The van der Waals surface area contributed by atoms with Crippen molar-refractivity contribution in [1.29, 1.82) is 0 Å². The summed E-state index contributed by atoms with van der Waals surface area (Å²) in [5.74, 6) is 0. The summed E-state index contributed by atoms with van der Waals surface area (Å²) in [5, 5.41) is 5.09. The van der Waals surface area contributed by atoms with Crippen molar-refractivity contribution in [2.75, 3.05) is 9.80 Å². The number of hydrogen-bond donors (Lipinski definition) is 0. The zero-order valence-electron chi connectivity index (χ0n) is 34.8. The fourth-order valence-electron chi connectivity index (χ4n) is 9.22. The molecule has 2 aromatic heterocycles. The fraction of sp³-hybridized carbons (Fsp3) is 0. The molecule has 302 valence electrons. The number of anilines is 6. The van der Waals surface area contributed by atoms with E-state index in [9.17, 15) is 0 Å². The van der Waals surface area contributed by atoms with Crippen LogP contribution in [-0.2, 0) is 0 Å². The summed E-state index contributed by atoms with van der Waals surface area (Å²) in [6.45, 7) is 0. The van der Waals surface area contributed by atoms with Gasteiger partial charge in [-0.05, 0) is 112 Å². The van der Waals surface area contributed by atoms with E-state index in [1.165, 1.54) is 73.7 Å². The van der Waals surface area contributed by atoms with Gasteiger partial charge in [-0.2, -0.15) is 0 Å². The minimum absolute atomic E-state index is 1.08. The molecule has 0 aliphatic rings. The maximum Gasteiger partial charge on any atom is 0.0661 e. The summed E-state index contributed by atoms with van der Waals surface area (Å²) < 4.78 is 5.13. The lowest BCUT2D eigenvalue weighted by molar-refractivity contribution is 1.26. The average molecular weight is 853 g/mol. The summed E-state index contributed by atoms with van der Waals surface area (Å²) in [5.41, 5.74) is 13.8. The van der Waals surface area contributed by atoms with Gasteiger partial charge in [0.1, 0.15) is 0 Å². The summed E-state index contributed by atoms with van der Waals surface area (Å²) in [6, 6.07) is 88.4. The van der Waals surface area contributed by atoms with Gasteiger partial charge in [-0.25, -0.2) is 0 Å². The third kappa shape index (κ3) is 6.81. The minimum atomic E-state index is 1.08. The molecular formula is C60H40N2S2. The highest BCUT2D eigenvalue weighted by Gasteiger charge is 2.24. The second-order valence-corrected chi connectivity index (χ2v) is 18.2. The van der Waals surface area contributed by atoms with E-state index in [0.29, 0.717) is 0 Å². The summed E-state index contributed by atoms with van der Waals surface area (Å²) in [4.78, 5) is 4.88. The van der Waals surface area contributed by atoms with Gasteiger partial charge < -0.3 is 9.80 Å². The van der Waals surface area contributed by atoms with Crippen molar-refractivity contribution in [2.45, 2.75) is 0 Å². The van der Waals surface area contributed by atoms with Crippen LogP contribution in [0.1, 0.15) is 0 Å². The average Bonchev–Trinajstić information content (AvgIpc) is 3.94. The van der Waals surface area contributed by atoms with Crippen LogP contribution in [0.25, 0.3) is 73.7 Å². The molecule has 0 radical (unpaired) electrons. The van der Waals surface area contributed by atoms with Gasteiger partial charge >= 0.3 is 0 Å². The molecule has 0 atom stereocenters. The molecule has 12 aromatic rings. The molecule has 0 aliphatic carbocycles. The van der Waals surface area contributed by atoms with E-state index >= 15 is 0 Å². The highest BCUT2D eigenvalue weighted by molar-refractivity contribution is 7.27. The zero-order chi connectivity index (χ0) is 42.4. The Kier molecular flexibility index (Phi) is 9.59. The van der Waals surface area contributed by atoms with E-state index in [1.807, 2.05) is 22.7 Å². The highest BCUT2D eigenvalue weighted by atomic mass is 32.1. The molecule has 0 amide bonds. The first-order valence-electron chi connectivity index (χ1n) is 21.7. The number of benzene rings is 10. The lowest BCUT2D eigenvalue weighted by atomic mass is 10.00. The predicted octanol–water partition coefficient (Wildman–Crippen LogP) is 18.4. The number of hydrogen-bond acceptors (Lipinski definition) is 4. The fourth-order valence-corrected chi connectivity index (χ4v) is 11.6. The van der Waals surface area contributed by atoms with Gasteiger partial charge in [-0.3, -0.25) is 0 Å². The number of nitrogens with zero attached hydrogens (tertiary/aromatic N) is 2. The van der Waals surface area contributed by atoms with Crippen LogP contribution in [0.5, 0.6) is 0 Å². The first-order valence-corrected chi connectivity index (χ1v) is 23.3. The first kappa shape index (κ1) is 38.0. The van der Waals surface area contributed by atoms with E-state index in [1.54, 1.807) is 0 Å². The topological polar surface area (TPSA) is 6.48 Å². The van der Waals surface area contributed by atoms with E-state index in [-0.39, 0.29) is 0 Å². The van der Waals surface area contributed by atoms with Crippen LogP contribution < -0.4 is 9.80 Å². The van der Waals surface area contributed by atoms with Gasteiger partial charge in [-0.1, -0.05) is 164 Å². The van der Waals surface area contributed by atoms with Gasteiger partial charge in [0, 0.05) is 64.1 Å². The molecule has 0 N–H and O–H groups in total. The van der Waals surface area contributed by atoms with Crippen LogP contribution in [0.15, 0.2) is 243 Å². The Morgan fingerprint density at radius 1 is 0.250 bits per heavy atom. The second-order valence-electron chi connectivity index (χ2n) is 16.1. The van der Waals surface area contributed by atoms with Crippen LogP contribution in [-0.4, -0.2) is 0 Å². The summed E-state index contributed by atoms with van der Waals surface area (Å²) in [6.07, 6.45) is 0. The molecule has 12 rings (SSSR count). The highest BCUT2D eigenvalue weighted by Crippen LogP contribution is 2.50. The largest absolute Gasteiger partial charge is 0.310 e. The Morgan fingerprint density at radius 3 is 1.42 bits per heavy atom. The van der Waals surface area contributed by atoms with Crippen LogP contribution in [0.2, 0.25) is 0 Å². The standard InChI is InChI=1S/C60H40N2S2/c1-5-18-41(19-6-1)43-22-15-28-48(36-43)61(46-24-9-3-10-25-46)50-39-55-54-38-45(51-31-17-32-53-52-30-13-14-33-57(52)63-59(51)53)34-35-58(54)64-60(55)56(40-50)62(47-26-11-4-12-27-47)49-29-16-23-44(37-49)42-20-7-2-8-21-42/h1-40H. The molecule has 0 bridgehead atoms. The molecule has 0 spiro atoms. The molecule has 10 aromatic carbocycles.